The first-order chi connectivity index (χ1) is 7.32. The number of hydrogen-bond acceptors (Lipinski definition) is 2. The van der Waals surface area contributed by atoms with Gasteiger partial charge in [-0.1, -0.05) is 44.0 Å². The average molecular weight is 263 g/mol. The molecule has 0 fully saturated rings. The van der Waals surface area contributed by atoms with Gasteiger partial charge in [0.25, 0.3) is 0 Å². The van der Waals surface area contributed by atoms with E-state index in [1.54, 1.807) is 20.3 Å². The van der Waals surface area contributed by atoms with Crippen LogP contribution in [0.4, 0.5) is 0 Å². The molecule has 0 N–H and O–H groups in total. The lowest BCUT2D eigenvalue weighted by molar-refractivity contribution is 0.391. The molecule has 0 bridgehead atoms. The number of halogens is 2. The minimum atomic E-state index is -0.171. The summed E-state index contributed by atoms with van der Waals surface area (Å²) in [6.07, 6.45) is 0. The third kappa shape index (κ3) is 2.38. The van der Waals surface area contributed by atoms with Gasteiger partial charge in [0.15, 0.2) is 0 Å². The molecule has 0 aliphatic heterocycles. The summed E-state index contributed by atoms with van der Waals surface area (Å²) < 4.78 is 10.4. The average Bonchev–Trinajstić information content (AvgIpc) is 2.16. The number of rotatable bonds is 2. The first-order valence-corrected chi connectivity index (χ1v) is 5.69. The molecule has 4 heteroatoms. The van der Waals surface area contributed by atoms with Gasteiger partial charge < -0.3 is 9.47 Å². The van der Waals surface area contributed by atoms with Crippen molar-refractivity contribution in [3.8, 4) is 11.5 Å². The molecule has 90 valence electrons. The van der Waals surface area contributed by atoms with Gasteiger partial charge in [0.05, 0.1) is 24.3 Å². The molecule has 1 rings (SSSR count). The lowest BCUT2D eigenvalue weighted by Gasteiger charge is -2.24. The van der Waals surface area contributed by atoms with Crippen molar-refractivity contribution < 1.29 is 9.47 Å². The quantitative estimate of drug-likeness (QED) is 0.791. The van der Waals surface area contributed by atoms with Gasteiger partial charge in [0, 0.05) is 11.6 Å². The maximum absolute atomic E-state index is 6.26. The van der Waals surface area contributed by atoms with Crippen molar-refractivity contribution in [2.45, 2.75) is 26.2 Å². The summed E-state index contributed by atoms with van der Waals surface area (Å²) in [5.74, 6) is 1.15. The van der Waals surface area contributed by atoms with E-state index in [4.69, 9.17) is 32.7 Å². The highest BCUT2D eigenvalue weighted by atomic mass is 35.5. The molecule has 16 heavy (non-hydrogen) atoms. The Balaban J connectivity index is 3.56. The van der Waals surface area contributed by atoms with Crippen molar-refractivity contribution in [3.63, 3.8) is 0 Å². The van der Waals surface area contributed by atoms with Crippen LogP contribution in [0.1, 0.15) is 26.3 Å². The molecule has 0 atom stereocenters. The lowest BCUT2D eigenvalue weighted by atomic mass is 9.86. The fraction of sp³-hybridized carbons (Fsp3) is 0.500. The molecule has 0 amide bonds. The summed E-state index contributed by atoms with van der Waals surface area (Å²) in [7, 11) is 3.14. The standard InChI is InChI=1S/C12H16Cl2O2/c1-12(2,3)9-10(13)7(15-4)6-8(16-5)11(9)14/h6H,1-5H3. The Morgan fingerprint density at radius 2 is 1.31 bits per heavy atom. The molecule has 0 saturated carbocycles. The molecule has 0 aromatic heterocycles. The molecule has 0 aliphatic carbocycles. The van der Waals surface area contributed by atoms with Crippen molar-refractivity contribution in [2.24, 2.45) is 0 Å². The predicted molar refractivity (Wildman–Crippen MR) is 68.3 cm³/mol. The zero-order valence-electron chi connectivity index (χ0n) is 10.1. The highest BCUT2D eigenvalue weighted by molar-refractivity contribution is 6.38. The molecule has 0 radical (unpaired) electrons. The van der Waals surface area contributed by atoms with Gasteiger partial charge in [0.1, 0.15) is 11.5 Å². The van der Waals surface area contributed by atoms with E-state index in [1.807, 2.05) is 20.8 Å². The van der Waals surface area contributed by atoms with Crippen LogP contribution in [-0.2, 0) is 5.41 Å². The van der Waals surface area contributed by atoms with E-state index in [2.05, 4.69) is 0 Å². The summed E-state index contributed by atoms with van der Waals surface area (Å²) in [6.45, 7) is 6.12. The summed E-state index contributed by atoms with van der Waals surface area (Å²) in [6, 6.07) is 1.69. The van der Waals surface area contributed by atoms with E-state index in [1.165, 1.54) is 0 Å². The zero-order valence-corrected chi connectivity index (χ0v) is 11.7. The van der Waals surface area contributed by atoms with Crippen LogP contribution < -0.4 is 9.47 Å². The van der Waals surface area contributed by atoms with E-state index in [0.717, 1.165) is 5.56 Å². The van der Waals surface area contributed by atoms with Crippen LogP contribution in [0.15, 0.2) is 6.07 Å². The van der Waals surface area contributed by atoms with Gasteiger partial charge in [-0.15, -0.1) is 0 Å². The Kier molecular flexibility index (Phi) is 3.97. The van der Waals surface area contributed by atoms with Crippen LogP contribution in [0.3, 0.4) is 0 Å². The third-order valence-electron chi connectivity index (χ3n) is 2.32. The number of ether oxygens (including phenoxy) is 2. The molecule has 0 unspecified atom stereocenters. The Morgan fingerprint density at radius 1 is 0.938 bits per heavy atom. The fourth-order valence-electron chi connectivity index (χ4n) is 1.54. The smallest absolute Gasteiger partial charge is 0.141 e. The van der Waals surface area contributed by atoms with Crippen LogP contribution >= 0.6 is 23.2 Å². The van der Waals surface area contributed by atoms with Gasteiger partial charge in [-0.05, 0) is 5.41 Å². The van der Waals surface area contributed by atoms with E-state index >= 15 is 0 Å². The van der Waals surface area contributed by atoms with Crippen LogP contribution in [0.25, 0.3) is 0 Å². The Labute approximate surface area is 106 Å². The molecular weight excluding hydrogens is 247 g/mol. The molecule has 0 heterocycles. The van der Waals surface area contributed by atoms with Gasteiger partial charge in [-0.25, -0.2) is 0 Å². The largest absolute Gasteiger partial charge is 0.495 e. The van der Waals surface area contributed by atoms with Crippen molar-refractivity contribution in [2.75, 3.05) is 14.2 Å². The monoisotopic (exact) mass is 262 g/mol. The molecular formula is C12H16Cl2O2. The molecule has 0 saturated heterocycles. The first kappa shape index (κ1) is 13.5. The summed E-state index contributed by atoms with van der Waals surface area (Å²) in [5.41, 5.74) is 0.669. The van der Waals surface area contributed by atoms with Gasteiger partial charge in [-0.3, -0.25) is 0 Å². The van der Waals surface area contributed by atoms with Crippen LogP contribution in [0.5, 0.6) is 11.5 Å². The normalized spacial score (nSPS) is 11.4. The van der Waals surface area contributed by atoms with Crippen LogP contribution in [0.2, 0.25) is 10.0 Å². The van der Waals surface area contributed by atoms with E-state index in [0.29, 0.717) is 21.5 Å². The number of benzene rings is 1. The highest BCUT2D eigenvalue weighted by Crippen LogP contribution is 2.45. The SMILES string of the molecule is COc1cc(OC)c(Cl)c(C(C)(C)C)c1Cl. The van der Waals surface area contributed by atoms with Gasteiger partial charge in [-0.2, -0.15) is 0 Å². The second-order valence-corrected chi connectivity index (χ2v) is 5.29. The van der Waals surface area contributed by atoms with E-state index in [9.17, 15) is 0 Å². The Hall–Kier alpha value is -0.600. The fourth-order valence-corrected chi connectivity index (χ4v) is 2.61. The summed E-state index contributed by atoms with van der Waals surface area (Å²) >= 11 is 12.5. The maximum atomic E-state index is 6.26. The van der Waals surface area contributed by atoms with Gasteiger partial charge >= 0.3 is 0 Å². The summed E-state index contributed by atoms with van der Waals surface area (Å²) in [5, 5.41) is 1.08. The Morgan fingerprint density at radius 3 is 1.56 bits per heavy atom. The maximum Gasteiger partial charge on any atom is 0.141 e. The van der Waals surface area contributed by atoms with E-state index in [-0.39, 0.29) is 5.41 Å². The minimum absolute atomic E-state index is 0.171. The van der Waals surface area contributed by atoms with Gasteiger partial charge in [0.2, 0.25) is 0 Å². The topological polar surface area (TPSA) is 18.5 Å². The Bertz CT molecular complexity index is 367. The van der Waals surface area contributed by atoms with Crippen LogP contribution in [-0.4, -0.2) is 14.2 Å². The molecule has 2 nitrogen and oxygen atoms in total. The van der Waals surface area contributed by atoms with Crippen molar-refractivity contribution in [3.05, 3.63) is 21.7 Å². The van der Waals surface area contributed by atoms with Crippen molar-refractivity contribution >= 4 is 23.2 Å². The molecule has 0 spiro atoms. The summed E-state index contributed by atoms with van der Waals surface area (Å²) in [4.78, 5) is 0. The molecule has 1 aromatic rings. The number of hydrogen-bond donors (Lipinski definition) is 0. The van der Waals surface area contributed by atoms with E-state index < -0.39 is 0 Å². The zero-order chi connectivity index (χ0) is 12.5. The van der Waals surface area contributed by atoms with Crippen molar-refractivity contribution in [1.82, 2.24) is 0 Å². The lowest BCUT2D eigenvalue weighted by Crippen LogP contribution is -2.13. The highest BCUT2D eigenvalue weighted by Gasteiger charge is 2.26. The van der Waals surface area contributed by atoms with Crippen molar-refractivity contribution in [1.29, 1.82) is 0 Å². The molecule has 1 aromatic carbocycles. The third-order valence-corrected chi connectivity index (χ3v) is 3.07. The van der Waals surface area contributed by atoms with Crippen LogP contribution in [0, 0.1) is 0 Å². The molecule has 0 aliphatic rings. The number of methoxy groups -OCH3 is 2. The first-order valence-electron chi connectivity index (χ1n) is 4.93. The predicted octanol–water partition coefficient (Wildman–Crippen LogP) is 4.31. The second-order valence-electron chi connectivity index (χ2n) is 4.53. The minimum Gasteiger partial charge on any atom is -0.495 e. The second kappa shape index (κ2) is 4.72.